The number of carbonyl (C=O) groups is 3. The highest BCUT2D eigenvalue weighted by molar-refractivity contribution is 7.96. The molecular weight excluding hydrogens is 524 g/mol. The second-order valence-corrected chi connectivity index (χ2v) is 8.50. The largest absolute Gasteiger partial charge is 0.456 e. The molecule has 0 saturated heterocycles. The third-order valence-electron chi connectivity index (χ3n) is 4.36. The molecule has 0 spiro atoms. The lowest BCUT2D eigenvalue weighted by molar-refractivity contribution is -0.159. The van der Waals surface area contributed by atoms with Gasteiger partial charge in [0.1, 0.15) is 6.61 Å². The third-order valence-corrected chi connectivity index (χ3v) is 4.36. The minimum Gasteiger partial charge on any atom is -0.456 e. The topological polar surface area (TPSA) is 89.9 Å². The normalized spacial score (nSPS) is 8.62. The summed E-state index contributed by atoms with van der Waals surface area (Å²) in [5.41, 5.74) is 0. The number of ether oxygens (including phenoxy) is 2. The summed E-state index contributed by atoms with van der Waals surface area (Å²) in [7, 11) is 0. The van der Waals surface area contributed by atoms with Crippen molar-refractivity contribution < 1.29 is 47.5 Å². The Hall–Kier alpha value is -4.16. The number of unbranched alkanes of at least 4 members (excludes halogenated alkanes) is 8. The van der Waals surface area contributed by atoms with Crippen molar-refractivity contribution in [3.05, 3.63) is 0 Å². The van der Waals surface area contributed by atoms with E-state index in [-0.39, 0.29) is 36.7 Å². The van der Waals surface area contributed by atoms with Crippen LogP contribution < -0.4 is 0 Å². The Morgan fingerprint density at radius 1 is 0.750 bits per heavy atom. The summed E-state index contributed by atoms with van der Waals surface area (Å²) in [6.45, 7) is 4.53. The molecule has 0 heterocycles. The van der Waals surface area contributed by atoms with Gasteiger partial charge in [-0.25, -0.2) is 4.79 Å². The van der Waals surface area contributed by atoms with Crippen molar-refractivity contribution in [3.63, 3.8) is 0 Å². The van der Waals surface area contributed by atoms with Gasteiger partial charge in [-0.15, -0.1) is 12.6 Å². The van der Waals surface area contributed by atoms with Crippen molar-refractivity contribution in [2.45, 2.75) is 91.1 Å². The van der Waals surface area contributed by atoms with E-state index < -0.39 is 24.6 Å². The van der Waals surface area contributed by atoms with E-state index >= 15 is 0 Å². The van der Waals surface area contributed by atoms with Gasteiger partial charge in [-0.1, -0.05) is 64.2 Å². The van der Waals surface area contributed by atoms with E-state index in [1.165, 1.54) is 45.4 Å². The van der Waals surface area contributed by atoms with E-state index in [1.54, 1.807) is 6.92 Å². The first kappa shape index (κ1) is 38.0. The van der Waals surface area contributed by atoms with Gasteiger partial charge in [0.25, 0.3) is 0 Å². The van der Waals surface area contributed by atoms with E-state index in [1.807, 2.05) is 0 Å². The molecule has 7 heteroatoms. The minimum absolute atomic E-state index is 0. The van der Waals surface area contributed by atoms with E-state index in [0.29, 0.717) is 0 Å². The lowest BCUT2D eigenvalue weighted by Gasteiger charge is -2.14. The molecule has 6 nitrogen and oxygen atoms in total. The maximum absolute atomic E-state index is 11.9. The number of aliphatic hydroxyl groups excluding tert-OH is 1. The van der Waals surface area contributed by atoms with Crippen molar-refractivity contribution in [3.8, 4) is 82.9 Å². The molecule has 236 valence electrons. The number of hydrogen-bond acceptors (Lipinski definition) is 6. The fraction of sp³-hybridized carbons (Fsp3) is 0.485. The maximum atomic E-state index is 11.9. The first-order valence-corrected chi connectivity index (χ1v) is 13.4. The molecule has 0 aromatic heterocycles. The molecule has 0 aliphatic carbocycles. The Morgan fingerprint density at radius 2 is 1.18 bits per heavy atom. The molecule has 0 bridgehead atoms. The van der Waals surface area contributed by atoms with Gasteiger partial charge < -0.3 is 14.6 Å². The Morgan fingerprint density at radius 3 is 1.62 bits per heavy atom. The van der Waals surface area contributed by atoms with Crippen molar-refractivity contribution in [1.29, 1.82) is 0 Å². The van der Waals surface area contributed by atoms with Crippen LogP contribution in [0.1, 0.15) is 104 Å². The molecule has 0 amide bonds. The van der Waals surface area contributed by atoms with Crippen LogP contribution in [0.5, 0.6) is 0 Å². The minimum atomic E-state index is -0.925. The predicted octanol–water partition coefficient (Wildman–Crippen LogP) is 7.06. The third kappa shape index (κ3) is 33.8. The Balaban J connectivity index is -0.0000000620. The van der Waals surface area contributed by atoms with Crippen LogP contribution in [-0.4, -0.2) is 41.5 Å². The summed E-state index contributed by atoms with van der Waals surface area (Å²) in [5, 5.41) is 9.20. The van der Waals surface area contributed by atoms with Crippen molar-refractivity contribution >= 4 is 29.7 Å². The Kier molecular flexibility index (Phi) is 29.5. The number of rotatable bonds is 14. The molecule has 40 heavy (non-hydrogen) atoms. The molecule has 0 aliphatic heterocycles. The van der Waals surface area contributed by atoms with E-state index in [2.05, 4.69) is 102 Å². The zero-order valence-electron chi connectivity index (χ0n) is 23.5. The van der Waals surface area contributed by atoms with Crippen molar-refractivity contribution in [1.82, 2.24) is 0 Å². The maximum Gasteiger partial charge on any atom is 0.385 e. The van der Waals surface area contributed by atoms with Gasteiger partial charge in [0.2, 0.25) is 0 Å². The van der Waals surface area contributed by atoms with E-state index in [4.69, 9.17) is 9.47 Å². The van der Waals surface area contributed by atoms with Gasteiger partial charge in [-0.2, -0.15) is 0 Å². The number of thiol groups is 1. The first-order valence-electron chi connectivity index (χ1n) is 13.0. The molecular formula is C33H62O6S. The van der Waals surface area contributed by atoms with Crippen molar-refractivity contribution in [2.24, 2.45) is 0 Å². The molecule has 0 fully saturated rings. The standard InChI is InChI=1S/C31H32O5.C2H4OS.13H2/c1-3-5-7-9-11-13-14-15-16-18-19-21-23-25-30(33)35-28-29(27-32)36-31(34)26-24-22-20-17-12-10-8-6-4-2;1-2(3)4;;;;;;;;;;;;;/h29,32H,4,6,8,10,12,17,20,22,24,26-28H2,1-2H3;1H3,(H,3,4);13*1H/t29-;;;;;;;;;;;;;;/m0............../s1. The average molecular weight is 587 g/mol. The van der Waals surface area contributed by atoms with Crippen LogP contribution in [0.2, 0.25) is 0 Å². The quantitative estimate of drug-likeness (QED) is 0.0745. The first-order chi connectivity index (χ1) is 19.4. The SMILES string of the molecule is CC#CC#CC#CC#CC#CC#CC#CC(=O)OC[C@H](CO)OC(=O)CCCCCCCCCCC.CC(=O)S.[HH].[HH].[HH].[HH].[HH].[HH].[HH].[HH].[HH].[HH].[HH].[HH].[HH]. The molecule has 0 aliphatic rings. The van der Waals surface area contributed by atoms with Crippen LogP contribution in [0.15, 0.2) is 0 Å². The number of carbonyl (C=O) groups excluding carboxylic acids is 3. The highest BCUT2D eigenvalue weighted by Gasteiger charge is 2.15. The smallest absolute Gasteiger partial charge is 0.385 e. The summed E-state index contributed by atoms with van der Waals surface area (Å²) < 4.78 is 10.0. The number of esters is 2. The zero-order chi connectivity index (χ0) is 30.1. The number of aliphatic hydroxyl groups is 1. The van der Waals surface area contributed by atoms with Crippen LogP contribution in [0, 0.1) is 82.9 Å². The summed E-state index contributed by atoms with van der Waals surface area (Å²) >= 11 is 3.33. The van der Waals surface area contributed by atoms with Crippen LogP contribution in [0.25, 0.3) is 0 Å². The summed E-state index contributed by atoms with van der Waals surface area (Å²) in [6.07, 6.45) is 9.68. The van der Waals surface area contributed by atoms with E-state index in [9.17, 15) is 19.5 Å². The van der Waals surface area contributed by atoms with Crippen LogP contribution in [-0.2, 0) is 23.9 Å². The summed E-state index contributed by atoms with van der Waals surface area (Å²) in [5.74, 6) is 32.9. The Labute approximate surface area is 264 Å². The Bertz CT molecular complexity index is 1250. The highest BCUT2D eigenvalue weighted by Crippen LogP contribution is 2.11. The van der Waals surface area contributed by atoms with Gasteiger partial charge in [-0.3, -0.25) is 9.59 Å². The van der Waals surface area contributed by atoms with Gasteiger partial charge in [-0.05, 0) is 84.4 Å². The predicted molar refractivity (Wildman–Crippen MR) is 187 cm³/mol. The second-order valence-electron chi connectivity index (χ2n) is 7.87. The zero-order valence-corrected chi connectivity index (χ0v) is 24.4. The van der Waals surface area contributed by atoms with Crippen LogP contribution >= 0.6 is 12.6 Å². The fourth-order valence-corrected chi connectivity index (χ4v) is 2.61. The lowest BCUT2D eigenvalue weighted by atomic mass is 10.1. The lowest BCUT2D eigenvalue weighted by Crippen LogP contribution is -2.28. The molecule has 0 radical (unpaired) electrons. The van der Waals surface area contributed by atoms with Crippen molar-refractivity contribution in [2.75, 3.05) is 13.2 Å². The van der Waals surface area contributed by atoms with Gasteiger partial charge >= 0.3 is 11.9 Å². The molecule has 1 atom stereocenters. The van der Waals surface area contributed by atoms with Gasteiger partial charge in [0, 0.05) is 37.8 Å². The molecule has 0 unspecified atom stereocenters. The van der Waals surface area contributed by atoms with Crippen LogP contribution in [0.4, 0.5) is 0 Å². The highest BCUT2D eigenvalue weighted by atomic mass is 32.1. The van der Waals surface area contributed by atoms with Gasteiger partial charge in [0.05, 0.1) is 6.61 Å². The second kappa shape index (κ2) is 31.1. The molecule has 1 N–H and O–H groups in total. The molecule has 0 rings (SSSR count). The average Bonchev–Trinajstić information content (AvgIpc) is 2.92. The van der Waals surface area contributed by atoms with E-state index in [0.717, 1.165) is 19.3 Å². The van der Waals surface area contributed by atoms with Crippen LogP contribution in [0.3, 0.4) is 0 Å². The molecule has 0 aromatic rings. The molecule has 0 aromatic carbocycles. The monoisotopic (exact) mass is 586 g/mol. The summed E-state index contributed by atoms with van der Waals surface area (Å²) in [6, 6.07) is 0. The van der Waals surface area contributed by atoms with Gasteiger partial charge in [0.15, 0.2) is 11.2 Å². The number of hydrogen-bond donors (Lipinski definition) is 2. The molecule has 0 saturated carbocycles. The summed E-state index contributed by atoms with van der Waals surface area (Å²) in [4.78, 5) is 32.8. The fourth-order valence-electron chi connectivity index (χ4n) is 2.61.